The quantitative estimate of drug-likeness (QED) is 0.331. The number of benzene rings is 1. The van der Waals surface area contributed by atoms with Gasteiger partial charge in [-0.1, -0.05) is 6.07 Å². The van der Waals surface area contributed by atoms with Crippen LogP contribution in [0.2, 0.25) is 0 Å². The van der Waals surface area contributed by atoms with E-state index < -0.39 is 22.8 Å². The van der Waals surface area contributed by atoms with Crippen LogP contribution in [0.4, 0.5) is 11.4 Å². The number of nitro groups is 1. The predicted octanol–water partition coefficient (Wildman–Crippen LogP) is 2.48. The molecule has 13 nitrogen and oxygen atoms in total. The Hall–Kier alpha value is -4.68. The van der Waals surface area contributed by atoms with Crippen molar-refractivity contribution in [3.8, 4) is 5.75 Å². The number of ether oxygens (including phenoxy) is 4. The Morgan fingerprint density at radius 3 is 2.54 bits per heavy atom. The van der Waals surface area contributed by atoms with Crippen molar-refractivity contribution in [3.05, 3.63) is 68.1 Å². The summed E-state index contributed by atoms with van der Waals surface area (Å²) in [5.74, 6) is -1.72. The third-order valence-electron chi connectivity index (χ3n) is 6.25. The molecule has 1 aromatic heterocycles. The molecule has 0 amide bonds. The molecule has 13 heteroatoms. The van der Waals surface area contributed by atoms with Gasteiger partial charge in [-0.05, 0) is 25.5 Å². The minimum Gasteiger partial charge on any atom is -0.497 e. The van der Waals surface area contributed by atoms with E-state index in [4.69, 9.17) is 29.7 Å². The molecule has 0 radical (unpaired) electrons. The number of hydrogen-bond acceptors (Lipinski definition) is 11. The summed E-state index contributed by atoms with van der Waals surface area (Å²) >= 11 is 0. The van der Waals surface area contributed by atoms with Gasteiger partial charge < -0.3 is 24.7 Å². The van der Waals surface area contributed by atoms with Gasteiger partial charge in [0, 0.05) is 11.6 Å². The van der Waals surface area contributed by atoms with E-state index in [0.717, 1.165) is 0 Å². The minimum absolute atomic E-state index is 0.00489. The maximum absolute atomic E-state index is 13.1. The number of aliphatic imine (C=N–C) groups is 1. The van der Waals surface area contributed by atoms with Gasteiger partial charge in [-0.3, -0.25) is 24.6 Å². The molecule has 37 heavy (non-hydrogen) atoms. The first-order valence-electron chi connectivity index (χ1n) is 11.1. The molecule has 0 aliphatic carbocycles. The van der Waals surface area contributed by atoms with Crippen LogP contribution in [-0.2, 0) is 30.3 Å². The molecule has 2 aliphatic rings. The van der Waals surface area contributed by atoms with Crippen molar-refractivity contribution >= 4 is 29.0 Å². The molecule has 2 aromatic rings. The zero-order valence-corrected chi connectivity index (χ0v) is 20.9. The van der Waals surface area contributed by atoms with E-state index in [2.05, 4.69) is 5.10 Å². The topological polar surface area (TPSA) is 170 Å². The number of hydrogen-bond donors (Lipinski definition) is 1. The first-order chi connectivity index (χ1) is 17.6. The summed E-state index contributed by atoms with van der Waals surface area (Å²) in [6, 6.07) is 5.14. The molecule has 1 unspecified atom stereocenters. The van der Waals surface area contributed by atoms with Gasteiger partial charge in [0.1, 0.15) is 29.3 Å². The lowest BCUT2D eigenvalue weighted by Gasteiger charge is -2.34. The Morgan fingerprint density at radius 1 is 1.22 bits per heavy atom. The summed E-state index contributed by atoms with van der Waals surface area (Å²) in [6.45, 7) is 3.12. The molecular formula is C24H25N5O8. The lowest BCUT2D eigenvalue weighted by Crippen LogP contribution is -2.33. The van der Waals surface area contributed by atoms with Crippen molar-refractivity contribution in [1.82, 2.24) is 9.78 Å². The van der Waals surface area contributed by atoms with Crippen LogP contribution in [0, 0.1) is 24.0 Å². The van der Waals surface area contributed by atoms with Crippen molar-refractivity contribution in [2.45, 2.75) is 32.7 Å². The van der Waals surface area contributed by atoms with Gasteiger partial charge >= 0.3 is 17.6 Å². The van der Waals surface area contributed by atoms with E-state index in [-0.39, 0.29) is 41.6 Å². The number of carbonyl (C=O) groups is 2. The highest BCUT2D eigenvalue weighted by atomic mass is 16.6. The molecule has 4 rings (SSSR count). The van der Waals surface area contributed by atoms with Crippen LogP contribution in [0.15, 0.2) is 46.0 Å². The largest absolute Gasteiger partial charge is 0.497 e. The van der Waals surface area contributed by atoms with Gasteiger partial charge in [0.05, 0.1) is 55.7 Å². The fraction of sp³-hybridized carbons (Fsp3) is 0.333. The van der Waals surface area contributed by atoms with Crippen molar-refractivity contribution in [3.63, 3.8) is 0 Å². The second-order valence-corrected chi connectivity index (χ2v) is 8.31. The highest BCUT2D eigenvalue weighted by Crippen LogP contribution is 2.48. The predicted molar refractivity (Wildman–Crippen MR) is 129 cm³/mol. The summed E-state index contributed by atoms with van der Waals surface area (Å²) in [5, 5.41) is 15.8. The van der Waals surface area contributed by atoms with E-state index in [1.807, 2.05) is 0 Å². The molecule has 194 valence electrons. The van der Waals surface area contributed by atoms with Crippen LogP contribution in [0.1, 0.15) is 29.3 Å². The molecule has 0 saturated carbocycles. The van der Waals surface area contributed by atoms with E-state index in [1.54, 1.807) is 32.0 Å². The van der Waals surface area contributed by atoms with Crippen LogP contribution in [0.25, 0.3) is 0 Å². The lowest BCUT2D eigenvalue weighted by molar-refractivity contribution is -0.386. The molecule has 0 saturated heterocycles. The van der Waals surface area contributed by atoms with Gasteiger partial charge in [0.25, 0.3) is 0 Å². The Labute approximate surface area is 211 Å². The third-order valence-corrected chi connectivity index (χ3v) is 6.25. The Balaban J connectivity index is 1.93. The number of nitrogens with zero attached hydrogens (tertiary/aromatic N) is 4. The SMILES string of the molecule is COC(=O)CC1=C(C(=O)OC)C2C(=C(N)O1)C(Cn1nc(C)c([N+](=O)[O-])c1C)=Nc1cc(OC)ccc12. The molecule has 2 aliphatic heterocycles. The van der Waals surface area contributed by atoms with Gasteiger partial charge in [-0.2, -0.15) is 5.10 Å². The summed E-state index contributed by atoms with van der Waals surface area (Å²) < 4.78 is 22.4. The van der Waals surface area contributed by atoms with Crippen molar-refractivity contribution in [2.24, 2.45) is 10.7 Å². The number of methoxy groups -OCH3 is 3. The third kappa shape index (κ3) is 4.39. The van der Waals surface area contributed by atoms with E-state index in [0.29, 0.717) is 34.0 Å². The number of rotatable bonds is 7. The van der Waals surface area contributed by atoms with E-state index in [9.17, 15) is 19.7 Å². The smallest absolute Gasteiger partial charge is 0.338 e. The zero-order chi connectivity index (χ0) is 27.0. The molecule has 0 spiro atoms. The summed E-state index contributed by atoms with van der Waals surface area (Å²) in [7, 11) is 3.94. The van der Waals surface area contributed by atoms with Crippen LogP contribution < -0.4 is 10.5 Å². The molecule has 0 bridgehead atoms. The standard InChI is InChI=1S/C24H25N5O8/c1-11-22(29(32)33)12(2)28(27-11)10-16-20-19(14-7-6-13(34-3)8-15(14)26-16)21(24(31)36-5)17(37-23(20)25)9-18(30)35-4/h6-8,19H,9-10,25H2,1-5H3. The Bertz CT molecular complexity index is 1420. The first kappa shape index (κ1) is 25.4. The molecule has 0 fully saturated rings. The first-order valence-corrected chi connectivity index (χ1v) is 11.1. The van der Waals surface area contributed by atoms with Crippen LogP contribution in [0.3, 0.4) is 0 Å². The number of esters is 2. The molecule has 2 N–H and O–H groups in total. The average molecular weight is 511 g/mol. The van der Waals surface area contributed by atoms with Gasteiger partial charge in [-0.15, -0.1) is 0 Å². The maximum Gasteiger partial charge on any atom is 0.338 e. The number of allylic oxidation sites excluding steroid dienone is 1. The normalized spacial score (nSPS) is 16.4. The number of carbonyl (C=O) groups excluding carboxylic acids is 2. The Morgan fingerprint density at radius 2 is 1.95 bits per heavy atom. The van der Waals surface area contributed by atoms with Crippen LogP contribution >= 0.6 is 0 Å². The van der Waals surface area contributed by atoms with Crippen molar-refractivity contribution in [1.29, 1.82) is 0 Å². The zero-order valence-electron chi connectivity index (χ0n) is 20.9. The monoisotopic (exact) mass is 511 g/mol. The minimum atomic E-state index is -0.804. The average Bonchev–Trinajstić information content (AvgIpc) is 3.15. The lowest BCUT2D eigenvalue weighted by atomic mass is 9.77. The second kappa shape index (κ2) is 9.76. The number of fused-ring (bicyclic) bond motifs is 3. The van der Waals surface area contributed by atoms with Gasteiger partial charge in [0.15, 0.2) is 5.88 Å². The second-order valence-electron chi connectivity index (χ2n) is 8.31. The number of aromatic nitrogens is 2. The summed E-state index contributed by atoms with van der Waals surface area (Å²) in [5.41, 5.74) is 8.69. The van der Waals surface area contributed by atoms with E-state index in [1.165, 1.54) is 26.0 Å². The molecule has 1 atom stereocenters. The summed E-state index contributed by atoms with van der Waals surface area (Å²) in [4.78, 5) is 40.9. The fourth-order valence-electron chi connectivity index (χ4n) is 4.55. The van der Waals surface area contributed by atoms with Crippen LogP contribution in [0.5, 0.6) is 5.75 Å². The van der Waals surface area contributed by atoms with E-state index >= 15 is 0 Å². The van der Waals surface area contributed by atoms with Crippen molar-refractivity contribution in [2.75, 3.05) is 21.3 Å². The maximum atomic E-state index is 13.1. The highest BCUT2D eigenvalue weighted by molar-refractivity contribution is 6.09. The molecule has 3 heterocycles. The molecule has 1 aromatic carbocycles. The number of aryl methyl sites for hydroxylation is 1. The Kier molecular flexibility index (Phi) is 6.70. The molecular weight excluding hydrogens is 486 g/mol. The van der Waals surface area contributed by atoms with Gasteiger partial charge in [-0.25, -0.2) is 4.79 Å². The van der Waals surface area contributed by atoms with Gasteiger partial charge in [0.2, 0.25) is 0 Å². The number of nitrogens with two attached hydrogens (primary N) is 1. The fourth-order valence-corrected chi connectivity index (χ4v) is 4.55. The van der Waals surface area contributed by atoms with Crippen molar-refractivity contribution < 1.29 is 33.5 Å². The highest BCUT2D eigenvalue weighted by Gasteiger charge is 2.43. The summed E-state index contributed by atoms with van der Waals surface area (Å²) in [6.07, 6.45) is -0.354. The van der Waals surface area contributed by atoms with Crippen LogP contribution in [-0.4, -0.2) is 53.7 Å².